The fraction of sp³-hybridized carbons (Fsp3) is 0.571. The van der Waals surface area contributed by atoms with E-state index in [9.17, 15) is 0 Å². The lowest BCUT2D eigenvalue weighted by atomic mass is 10.0. The molecule has 1 N–H and O–H groups in total. The third kappa shape index (κ3) is 3.37. The van der Waals surface area contributed by atoms with Gasteiger partial charge in [-0.25, -0.2) is 0 Å². The Morgan fingerprint density at radius 1 is 1.53 bits per heavy atom. The normalized spacial score (nSPS) is 21.2. The molecule has 3 heteroatoms. The summed E-state index contributed by atoms with van der Waals surface area (Å²) in [5.74, 6) is 1.54. The van der Waals surface area contributed by atoms with Crippen molar-refractivity contribution in [3.63, 3.8) is 0 Å². The van der Waals surface area contributed by atoms with Gasteiger partial charge >= 0.3 is 0 Å². The van der Waals surface area contributed by atoms with Crippen molar-refractivity contribution in [3.05, 3.63) is 24.3 Å². The second-order valence-corrected chi connectivity index (χ2v) is 4.52. The Hall–Kier alpha value is -1.22. The lowest BCUT2D eigenvalue weighted by Gasteiger charge is -2.20. The number of anilines is 1. The average molecular weight is 235 g/mol. The van der Waals surface area contributed by atoms with Crippen molar-refractivity contribution in [1.29, 1.82) is 0 Å². The summed E-state index contributed by atoms with van der Waals surface area (Å²) in [6.07, 6.45) is 1.15. The van der Waals surface area contributed by atoms with Crippen LogP contribution in [-0.2, 0) is 4.74 Å². The molecule has 0 bridgehead atoms. The molecule has 1 aliphatic rings. The molecular formula is C14H21NO2. The van der Waals surface area contributed by atoms with Crippen LogP contribution in [0.1, 0.15) is 20.3 Å². The maximum Gasteiger partial charge on any atom is 0.121 e. The third-order valence-corrected chi connectivity index (χ3v) is 3.21. The van der Waals surface area contributed by atoms with Gasteiger partial charge < -0.3 is 14.8 Å². The molecule has 1 fully saturated rings. The predicted octanol–water partition coefficient (Wildman–Crippen LogP) is 2.92. The van der Waals surface area contributed by atoms with Crippen molar-refractivity contribution in [2.75, 3.05) is 25.1 Å². The van der Waals surface area contributed by atoms with E-state index in [4.69, 9.17) is 9.47 Å². The van der Waals surface area contributed by atoms with Crippen LogP contribution in [0.3, 0.4) is 0 Å². The molecule has 2 atom stereocenters. The highest BCUT2D eigenvalue weighted by molar-refractivity contribution is 5.48. The summed E-state index contributed by atoms with van der Waals surface area (Å²) in [6, 6.07) is 8.57. The van der Waals surface area contributed by atoms with Gasteiger partial charge in [-0.2, -0.15) is 0 Å². The molecule has 0 spiro atoms. The minimum Gasteiger partial charge on any atom is -0.494 e. The predicted molar refractivity (Wildman–Crippen MR) is 69.6 cm³/mol. The van der Waals surface area contributed by atoms with Crippen LogP contribution in [0.15, 0.2) is 24.3 Å². The Morgan fingerprint density at radius 2 is 2.41 bits per heavy atom. The van der Waals surface area contributed by atoms with Gasteiger partial charge in [0.2, 0.25) is 0 Å². The molecule has 1 aliphatic heterocycles. The number of hydrogen-bond acceptors (Lipinski definition) is 3. The Bertz CT molecular complexity index is 348. The maximum atomic E-state index is 5.49. The van der Waals surface area contributed by atoms with E-state index in [0.29, 0.717) is 18.6 Å². The van der Waals surface area contributed by atoms with Crippen molar-refractivity contribution >= 4 is 5.69 Å². The zero-order chi connectivity index (χ0) is 12.1. The van der Waals surface area contributed by atoms with Crippen molar-refractivity contribution in [2.45, 2.75) is 26.3 Å². The van der Waals surface area contributed by atoms with E-state index in [-0.39, 0.29) is 0 Å². The zero-order valence-electron chi connectivity index (χ0n) is 10.6. The van der Waals surface area contributed by atoms with E-state index >= 15 is 0 Å². The summed E-state index contributed by atoms with van der Waals surface area (Å²) in [7, 11) is 0. The Kier molecular flexibility index (Phi) is 4.26. The number of nitrogens with one attached hydrogen (secondary N) is 1. The molecule has 0 radical (unpaired) electrons. The summed E-state index contributed by atoms with van der Waals surface area (Å²) in [5, 5.41) is 3.52. The maximum absolute atomic E-state index is 5.49. The number of ether oxygens (including phenoxy) is 2. The Morgan fingerprint density at radius 3 is 3.12 bits per heavy atom. The van der Waals surface area contributed by atoms with Gasteiger partial charge in [-0.3, -0.25) is 0 Å². The van der Waals surface area contributed by atoms with Gasteiger partial charge in [0.1, 0.15) is 5.75 Å². The van der Waals surface area contributed by atoms with Crippen LogP contribution < -0.4 is 10.1 Å². The second kappa shape index (κ2) is 5.92. The number of hydrogen-bond donors (Lipinski definition) is 1. The summed E-state index contributed by atoms with van der Waals surface area (Å²) in [6.45, 7) is 6.69. The molecule has 2 rings (SSSR count). The highest BCUT2D eigenvalue weighted by Crippen LogP contribution is 2.22. The molecule has 1 aromatic rings. The van der Waals surface area contributed by atoms with E-state index in [0.717, 1.165) is 31.1 Å². The molecular weight excluding hydrogens is 214 g/mol. The first-order valence-corrected chi connectivity index (χ1v) is 6.36. The Balaban J connectivity index is 1.94. The molecule has 0 aromatic heterocycles. The fourth-order valence-electron chi connectivity index (χ4n) is 2.17. The zero-order valence-corrected chi connectivity index (χ0v) is 10.6. The fourth-order valence-corrected chi connectivity index (χ4v) is 2.17. The lowest BCUT2D eigenvalue weighted by Crippen LogP contribution is -2.26. The Labute approximate surface area is 103 Å². The molecule has 17 heavy (non-hydrogen) atoms. The van der Waals surface area contributed by atoms with Gasteiger partial charge in [-0.05, 0) is 32.4 Å². The summed E-state index contributed by atoms with van der Waals surface area (Å²) in [5.41, 5.74) is 1.12. The second-order valence-electron chi connectivity index (χ2n) is 4.52. The highest BCUT2D eigenvalue weighted by atomic mass is 16.5. The van der Waals surface area contributed by atoms with Crippen LogP contribution in [0, 0.1) is 5.92 Å². The van der Waals surface area contributed by atoms with Gasteiger partial charge in [0, 0.05) is 30.3 Å². The molecule has 0 aliphatic carbocycles. The first-order valence-electron chi connectivity index (χ1n) is 6.36. The summed E-state index contributed by atoms with van der Waals surface area (Å²) in [4.78, 5) is 0. The van der Waals surface area contributed by atoms with Gasteiger partial charge in [-0.1, -0.05) is 6.07 Å². The monoisotopic (exact) mass is 235 g/mol. The van der Waals surface area contributed by atoms with Crippen LogP contribution in [-0.4, -0.2) is 25.9 Å². The smallest absolute Gasteiger partial charge is 0.121 e. The molecule has 0 amide bonds. The van der Waals surface area contributed by atoms with E-state index in [1.165, 1.54) is 0 Å². The molecule has 0 saturated carbocycles. The van der Waals surface area contributed by atoms with Crippen LogP contribution in [0.2, 0.25) is 0 Å². The van der Waals surface area contributed by atoms with Crippen LogP contribution in [0.4, 0.5) is 5.69 Å². The summed E-state index contributed by atoms with van der Waals surface area (Å²) >= 11 is 0. The molecule has 3 nitrogen and oxygen atoms in total. The van der Waals surface area contributed by atoms with Crippen LogP contribution >= 0.6 is 0 Å². The average Bonchev–Trinajstić information content (AvgIpc) is 2.83. The van der Waals surface area contributed by atoms with Gasteiger partial charge in [0.15, 0.2) is 0 Å². The lowest BCUT2D eigenvalue weighted by molar-refractivity contribution is 0.183. The largest absolute Gasteiger partial charge is 0.494 e. The molecule has 1 heterocycles. The van der Waals surface area contributed by atoms with E-state index in [1.54, 1.807) is 0 Å². The van der Waals surface area contributed by atoms with Crippen LogP contribution in [0.25, 0.3) is 0 Å². The van der Waals surface area contributed by atoms with Crippen molar-refractivity contribution in [1.82, 2.24) is 0 Å². The van der Waals surface area contributed by atoms with Gasteiger partial charge in [0.05, 0.1) is 13.2 Å². The van der Waals surface area contributed by atoms with E-state index in [2.05, 4.69) is 24.4 Å². The molecule has 1 aromatic carbocycles. The first kappa shape index (κ1) is 12.2. The minimum atomic E-state index is 0.439. The third-order valence-electron chi connectivity index (χ3n) is 3.21. The van der Waals surface area contributed by atoms with Gasteiger partial charge in [0.25, 0.3) is 0 Å². The SMILES string of the molecule is CCOc1cccc(NC(C)C2CCOC2)c1. The van der Waals surface area contributed by atoms with Gasteiger partial charge in [-0.15, -0.1) is 0 Å². The quantitative estimate of drug-likeness (QED) is 0.851. The molecule has 94 valence electrons. The van der Waals surface area contributed by atoms with E-state index in [1.807, 2.05) is 19.1 Å². The standard InChI is InChI=1S/C14H21NO2/c1-3-17-14-6-4-5-13(9-14)15-11(2)12-7-8-16-10-12/h4-6,9,11-12,15H,3,7-8,10H2,1-2H3. The number of benzene rings is 1. The summed E-state index contributed by atoms with van der Waals surface area (Å²) < 4.78 is 10.9. The topological polar surface area (TPSA) is 30.5 Å². The minimum absolute atomic E-state index is 0.439. The van der Waals surface area contributed by atoms with Crippen molar-refractivity contribution in [3.8, 4) is 5.75 Å². The van der Waals surface area contributed by atoms with Crippen molar-refractivity contribution in [2.24, 2.45) is 5.92 Å². The van der Waals surface area contributed by atoms with Crippen LogP contribution in [0.5, 0.6) is 5.75 Å². The number of rotatable bonds is 5. The molecule has 2 unspecified atom stereocenters. The van der Waals surface area contributed by atoms with Crippen molar-refractivity contribution < 1.29 is 9.47 Å². The highest BCUT2D eigenvalue weighted by Gasteiger charge is 2.21. The van der Waals surface area contributed by atoms with E-state index < -0.39 is 0 Å². The molecule has 1 saturated heterocycles. The first-order chi connectivity index (χ1) is 8.29.